The van der Waals surface area contributed by atoms with Crippen molar-refractivity contribution < 1.29 is 4.79 Å². The Bertz CT molecular complexity index is 485. The van der Waals surface area contributed by atoms with Gasteiger partial charge in [0.1, 0.15) is 0 Å². The first-order valence-corrected chi connectivity index (χ1v) is 8.20. The molecule has 1 N–H and O–H groups in total. The maximum Gasteiger partial charge on any atom is 0.317 e. The third-order valence-electron chi connectivity index (χ3n) is 4.03. The lowest BCUT2D eigenvalue weighted by Crippen LogP contribution is -2.43. The second-order valence-corrected chi connectivity index (χ2v) is 6.58. The molecule has 3 nitrogen and oxygen atoms in total. The van der Waals surface area contributed by atoms with E-state index in [0.717, 1.165) is 18.7 Å². The molecule has 1 aromatic rings. The Morgan fingerprint density at radius 1 is 1.38 bits per heavy atom. The third kappa shape index (κ3) is 4.37. The average Bonchev–Trinajstić information content (AvgIpc) is 3.26. The average molecular weight is 309 g/mol. The van der Waals surface area contributed by atoms with Crippen molar-refractivity contribution >= 4 is 17.6 Å². The van der Waals surface area contributed by atoms with Crippen molar-refractivity contribution in [3.05, 3.63) is 34.9 Å². The van der Waals surface area contributed by atoms with E-state index in [0.29, 0.717) is 10.9 Å². The van der Waals surface area contributed by atoms with Crippen LogP contribution in [0.25, 0.3) is 0 Å². The normalized spacial score (nSPS) is 15.9. The predicted molar refractivity (Wildman–Crippen MR) is 87.5 cm³/mol. The van der Waals surface area contributed by atoms with Gasteiger partial charge in [0, 0.05) is 18.1 Å². The van der Waals surface area contributed by atoms with E-state index in [2.05, 4.69) is 19.2 Å². The van der Waals surface area contributed by atoms with Crippen LogP contribution in [0, 0.1) is 11.8 Å². The van der Waals surface area contributed by atoms with Crippen LogP contribution in [0.2, 0.25) is 5.02 Å². The van der Waals surface area contributed by atoms with Crippen LogP contribution >= 0.6 is 11.6 Å². The van der Waals surface area contributed by atoms with Crippen LogP contribution in [0.1, 0.15) is 45.2 Å². The first-order valence-electron chi connectivity index (χ1n) is 7.82. The zero-order valence-corrected chi connectivity index (χ0v) is 13.9. The summed E-state index contributed by atoms with van der Waals surface area (Å²) in [6, 6.07) is 7.70. The molecule has 116 valence electrons. The number of carbonyl (C=O) groups excluding carboxylic acids is 1. The number of nitrogens with one attached hydrogen (secondary N) is 1. The molecule has 1 aliphatic rings. The minimum atomic E-state index is -0.0561. The zero-order chi connectivity index (χ0) is 15.4. The van der Waals surface area contributed by atoms with Gasteiger partial charge in [0.25, 0.3) is 0 Å². The molecule has 0 spiro atoms. The van der Waals surface area contributed by atoms with Crippen molar-refractivity contribution in [2.75, 3.05) is 13.1 Å². The number of nitrogens with zero attached hydrogens (tertiary/aromatic N) is 1. The fourth-order valence-electron chi connectivity index (χ4n) is 2.52. The molecular weight excluding hydrogens is 284 g/mol. The number of halogens is 1. The van der Waals surface area contributed by atoms with Gasteiger partial charge in [0.15, 0.2) is 0 Å². The van der Waals surface area contributed by atoms with Gasteiger partial charge in [0.05, 0.1) is 6.04 Å². The summed E-state index contributed by atoms with van der Waals surface area (Å²) in [5, 5.41) is 3.87. The Morgan fingerprint density at radius 3 is 2.57 bits per heavy atom. The van der Waals surface area contributed by atoms with E-state index in [-0.39, 0.29) is 18.0 Å². The highest BCUT2D eigenvalue weighted by atomic mass is 35.5. The van der Waals surface area contributed by atoms with Crippen LogP contribution in [-0.4, -0.2) is 24.0 Å². The fourth-order valence-corrected chi connectivity index (χ4v) is 2.78. The highest BCUT2D eigenvalue weighted by molar-refractivity contribution is 6.31. The minimum Gasteiger partial charge on any atom is -0.331 e. The maximum atomic E-state index is 12.5. The number of rotatable bonds is 6. The topological polar surface area (TPSA) is 32.3 Å². The summed E-state index contributed by atoms with van der Waals surface area (Å²) >= 11 is 6.29. The first-order chi connectivity index (χ1) is 10.0. The van der Waals surface area contributed by atoms with Crippen molar-refractivity contribution in [3.8, 4) is 0 Å². The van der Waals surface area contributed by atoms with E-state index in [4.69, 9.17) is 11.6 Å². The van der Waals surface area contributed by atoms with Crippen molar-refractivity contribution in [1.82, 2.24) is 10.2 Å². The number of hydrogen-bond donors (Lipinski definition) is 1. The minimum absolute atomic E-state index is 0.0167. The van der Waals surface area contributed by atoms with Gasteiger partial charge >= 0.3 is 6.03 Å². The van der Waals surface area contributed by atoms with Crippen molar-refractivity contribution in [1.29, 1.82) is 0 Å². The van der Waals surface area contributed by atoms with Crippen molar-refractivity contribution in [2.24, 2.45) is 11.8 Å². The maximum absolute atomic E-state index is 12.5. The van der Waals surface area contributed by atoms with Gasteiger partial charge in [-0.25, -0.2) is 4.79 Å². The quantitative estimate of drug-likeness (QED) is 0.825. The summed E-state index contributed by atoms with van der Waals surface area (Å²) in [7, 11) is 0. The lowest BCUT2D eigenvalue weighted by atomic mass is 9.96. The van der Waals surface area contributed by atoms with Crippen LogP contribution in [0.5, 0.6) is 0 Å². The Hall–Kier alpha value is -1.22. The third-order valence-corrected chi connectivity index (χ3v) is 4.37. The Balaban J connectivity index is 2.08. The van der Waals surface area contributed by atoms with Gasteiger partial charge in [-0.3, -0.25) is 0 Å². The molecule has 0 aromatic heterocycles. The number of benzene rings is 1. The van der Waals surface area contributed by atoms with Crippen molar-refractivity contribution in [3.63, 3.8) is 0 Å². The largest absolute Gasteiger partial charge is 0.331 e. The summed E-state index contributed by atoms with van der Waals surface area (Å²) in [6.07, 6.45) is 2.50. The molecule has 1 aliphatic carbocycles. The fraction of sp³-hybridized carbons (Fsp3) is 0.588. The van der Waals surface area contributed by atoms with Crippen LogP contribution in [0.15, 0.2) is 24.3 Å². The van der Waals surface area contributed by atoms with Gasteiger partial charge in [-0.1, -0.05) is 43.6 Å². The summed E-state index contributed by atoms with van der Waals surface area (Å²) in [5.74, 6) is 0.988. The standard InChI is InChI=1S/C17H25ClN2O/c1-4-20(11-13-9-10-13)17(21)19-16(12(2)3)14-7-5-6-8-15(14)18/h5-8,12-13,16H,4,9-11H2,1-3H3,(H,19,21). The van der Waals surface area contributed by atoms with Gasteiger partial charge in [-0.15, -0.1) is 0 Å². The molecular formula is C17H25ClN2O. The summed E-state index contributed by atoms with van der Waals surface area (Å²) < 4.78 is 0. The molecule has 2 amide bonds. The van der Waals surface area contributed by atoms with Gasteiger partial charge in [0.2, 0.25) is 0 Å². The van der Waals surface area contributed by atoms with E-state index in [1.807, 2.05) is 36.1 Å². The molecule has 1 atom stereocenters. The number of hydrogen-bond acceptors (Lipinski definition) is 1. The molecule has 1 aromatic carbocycles. The zero-order valence-electron chi connectivity index (χ0n) is 13.1. The first kappa shape index (κ1) is 16.2. The van der Waals surface area contributed by atoms with Gasteiger partial charge in [-0.2, -0.15) is 0 Å². The number of urea groups is 1. The molecule has 0 saturated heterocycles. The lowest BCUT2D eigenvalue weighted by Gasteiger charge is -2.28. The Morgan fingerprint density at radius 2 is 2.05 bits per heavy atom. The van der Waals surface area contributed by atoms with Crippen LogP contribution < -0.4 is 5.32 Å². The predicted octanol–water partition coefficient (Wildman–Crippen LogP) is 4.48. The van der Waals surface area contributed by atoms with E-state index in [1.165, 1.54) is 12.8 Å². The Kier molecular flexibility index (Phi) is 5.51. The van der Waals surface area contributed by atoms with E-state index >= 15 is 0 Å². The number of carbonyl (C=O) groups is 1. The SMILES string of the molecule is CCN(CC1CC1)C(=O)NC(c1ccccc1Cl)C(C)C. The highest BCUT2D eigenvalue weighted by Gasteiger charge is 2.28. The second-order valence-electron chi connectivity index (χ2n) is 6.17. The molecule has 0 heterocycles. The van der Waals surface area contributed by atoms with Gasteiger partial charge < -0.3 is 10.2 Å². The molecule has 0 aliphatic heterocycles. The van der Waals surface area contributed by atoms with E-state index in [9.17, 15) is 4.79 Å². The van der Waals surface area contributed by atoms with Gasteiger partial charge in [-0.05, 0) is 43.2 Å². The Labute approximate surface area is 132 Å². The molecule has 1 saturated carbocycles. The molecule has 0 radical (unpaired) electrons. The number of amides is 2. The van der Waals surface area contributed by atoms with E-state index in [1.54, 1.807) is 0 Å². The molecule has 21 heavy (non-hydrogen) atoms. The van der Waals surface area contributed by atoms with Crippen molar-refractivity contribution in [2.45, 2.75) is 39.7 Å². The monoisotopic (exact) mass is 308 g/mol. The molecule has 4 heteroatoms. The lowest BCUT2D eigenvalue weighted by molar-refractivity contribution is 0.190. The van der Waals surface area contributed by atoms with Crippen LogP contribution in [0.4, 0.5) is 4.79 Å². The second kappa shape index (κ2) is 7.17. The highest BCUT2D eigenvalue weighted by Crippen LogP contribution is 2.31. The molecule has 0 bridgehead atoms. The van der Waals surface area contributed by atoms with Crippen LogP contribution in [0.3, 0.4) is 0 Å². The van der Waals surface area contributed by atoms with Crippen LogP contribution in [-0.2, 0) is 0 Å². The summed E-state index contributed by atoms with van der Waals surface area (Å²) in [6.45, 7) is 7.85. The summed E-state index contributed by atoms with van der Waals surface area (Å²) in [5.41, 5.74) is 0.991. The summed E-state index contributed by atoms with van der Waals surface area (Å²) in [4.78, 5) is 14.4. The smallest absolute Gasteiger partial charge is 0.317 e. The van der Waals surface area contributed by atoms with E-state index < -0.39 is 0 Å². The molecule has 1 unspecified atom stereocenters. The molecule has 1 fully saturated rings. The molecule has 2 rings (SSSR count).